The minimum Gasteiger partial charge on any atom is -0.507 e. The molecule has 0 heterocycles. The number of thioether (sulfide) groups is 1. The predicted molar refractivity (Wildman–Crippen MR) is 44.5 cm³/mol. The number of benzene rings is 1. The van der Waals surface area contributed by atoms with Gasteiger partial charge in [0.25, 0.3) is 0 Å². The van der Waals surface area contributed by atoms with E-state index in [1.807, 2.05) is 0 Å². The van der Waals surface area contributed by atoms with E-state index in [0.29, 0.717) is 0 Å². The molecule has 0 aliphatic heterocycles. The highest BCUT2D eigenvalue weighted by molar-refractivity contribution is 8.03. The van der Waals surface area contributed by atoms with Crippen molar-refractivity contribution in [3.05, 3.63) is 23.0 Å². The second-order valence-corrected chi connectivity index (χ2v) is 3.16. The van der Waals surface area contributed by atoms with E-state index < -0.39 is 5.82 Å². The number of rotatable bonds is 1. The molecule has 0 saturated heterocycles. The Kier molecular flexibility index (Phi) is 2.79. The maximum absolute atomic E-state index is 12.6. The third-order valence-corrected chi connectivity index (χ3v) is 2.09. The van der Waals surface area contributed by atoms with Gasteiger partial charge < -0.3 is 5.11 Å². The zero-order valence-electron chi connectivity index (χ0n) is 5.71. The summed E-state index contributed by atoms with van der Waals surface area (Å²) in [5.41, 5.74) is 0. The third-order valence-electron chi connectivity index (χ3n) is 1.16. The van der Waals surface area contributed by atoms with Crippen LogP contribution in [0.1, 0.15) is 0 Å². The van der Waals surface area contributed by atoms with Crippen molar-refractivity contribution in [1.29, 1.82) is 5.26 Å². The topological polar surface area (TPSA) is 44.0 Å². The molecule has 62 valence electrons. The summed E-state index contributed by atoms with van der Waals surface area (Å²) in [6.07, 6.45) is 0. The zero-order valence-corrected chi connectivity index (χ0v) is 7.29. The molecule has 2 nitrogen and oxygen atoms in total. The maximum Gasteiger partial charge on any atom is 0.145 e. The third kappa shape index (κ3) is 1.81. The number of hydrogen-bond donors (Lipinski definition) is 1. The van der Waals surface area contributed by atoms with Gasteiger partial charge in [-0.2, -0.15) is 5.26 Å². The highest BCUT2D eigenvalue weighted by Crippen LogP contribution is 2.32. The summed E-state index contributed by atoms with van der Waals surface area (Å²) in [5, 5.41) is 19.0. The molecule has 0 unspecified atom stereocenters. The van der Waals surface area contributed by atoms with Gasteiger partial charge in [-0.25, -0.2) is 4.39 Å². The smallest absolute Gasteiger partial charge is 0.145 e. The van der Waals surface area contributed by atoms with Gasteiger partial charge in [0.1, 0.15) is 17.0 Å². The SMILES string of the molecule is N#CSc1cc(Cl)c(F)cc1O. The maximum atomic E-state index is 12.6. The molecule has 0 spiro atoms. The Labute approximate surface area is 77.6 Å². The molecule has 1 aromatic carbocycles. The lowest BCUT2D eigenvalue weighted by molar-refractivity contribution is 0.456. The quantitative estimate of drug-likeness (QED) is 0.564. The molecule has 0 amide bonds. The van der Waals surface area contributed by atoms with E-state index in [0.717, 1.165) is 17.8 Å². The molecule has 0 bridgehead atoms. The van der Waals surface area contributed by atoms with Gasteiger partial charge in [-0.15, -0.1) is 0 Å². The van der Waals surface area contributed by atoms with Gasteiger partial charge in [-0.1, -0.05) is 11.6 Å². The van der Waals surface area contributed by atoms with E-state index in [1.54, 1.807) is 5.40 Å². The largest absolute Gasteiger partial charge is 0.507 e. The number of phenolic OH excluding ortho intramolecular Hbond substituents is 1. The first kappa shape index (κ1) is 9.17. The first-order chi connectivity index (χ1) is 5.65. The fourth-order valence-corrected chi connectivity index (χ4v) is 1.32. The summed E-state index contributed by atoms with van der Waals surface area (Å²) in [4.78, 5) is 0.254. The molecule has 1 rings (SSSR count). The first-order valence-corrected chi connectivity index (χ1v) is 4.08. The van der Waals surface area contributed by atoms with Crippen LogP contribution in [0.3, 0.4) is 0 Å². The van der Waals surface area contributed by atoms with Gasteiger partial charge in [0.2, 0.25) is 0 Å². The van der Waals surface area contributed by atoms with Gasteiger partial charge in [0.05, 0.1) is 9.92 Å². The Balaban J connectivity index is 3.16. The predicted octanol–water partition coefficient (Wildman–Crippen LogP) is 2.76. The standard InChI is InChI=1S/C7H3ClFNOS/c8-4-1-7(12-3-10)6(11)2-5(4)9/h1-2,11H. The molecule has 1 N–H and O–H groups in total. The minimum atomic E-state index is -0.698. The Morgan fingerprint density at radius 1 is 1.58 bits per heavy atom. The van der Waals surface area contributed by atoms with Crippen LogP contribution in [0, 0.1) is 16.5 Å². The van der Waals surface area contributed by atoms with Crippen molar-refractivity contribution < 1.29 is 9.50 Å². The molecule has 0 radical (unpaired) electrons. The number of hydrogen-bond acceptors (Lipinski definition) is 3. The van der Waals surface area contributed by atoms with Gasteiger partial charge in [0.15, 0.2) is 0 Å². The van der Waals surface area contributed by atoms with Crippen molar-refractivity contribution in [2.24, 2.45) is 0 Å². The van der Waals surface area contributed by atoms with Crippen LogP contribution in [-0.4, -0.2) is 5.11 Å². The fourth-order valence-electron chi connectivity index (χ4n) is 0.649. The number of thiocyanates is 1. The average Bonchev–Trinajstić information content (AvgIpc) is 2.01. The van der Waals surface area contributed by atoms with Crippen LogP contribution in [0.5, 0.6) is 5.75 Å². The lowest BCUT2D eigenvalue weighted by Gasteiger charge is -1.99. The molecular weight excluding hydrogens is 201 g/mol. The van der Waals surface area contributed by atoms with Crippen molar-refractivity contribution in [3.63, 3.8) is 0 Å². The Bertz CT molecular complexity index is 350. The van der Waals surface area contributed by atoms with Crippen LogP contribution in [0.2, 0.25) is 5.02 Å². The fraction of sp³-hybridized carbons (Fsp3) is 0. The summed E-state index contributed by atoms with van der Waals surface area (Å²) in [7, 11) is 0. The number of aromatic hydroxyl groups is 1. The van der Waals surface area contributed by atoms with Crippen molar-refractivity contribution in [2.75, 3.05) is 0 Å². The van der Waals surface area contributed by atoms with Crippen LogP contribution in [0.4, 0.5) is 4.39 Å². The van der Waals surface area contributed by atoms with E-state index in [2.05, 4.69) is 0 Å². The van der Waals surface area contributed by atoms with Crippen molar-refractivity contribution in [1.82, 2.24) is 0 Å². The van der Waals surface area contributed by atoms with Crippen molar-refractivity contribution in [3.8, 4) is 11.2 Å². The highest BCUT2D eigenvalue weighted by Gasteiger charge is 2.07. The lowest BCUT2D eigenvalue weighted by atomic mass is 10.3. The molecule has 5 heteroatoms. The molecule has 12 heavy (non-hydrogen) atoms. The van der Waals surface area contributed by atoms with Crippen LogP contribution in [-0.2, 0) is 0 Å². The summed E-state index contributed by atoms with van der Waals surface area (Å²) in [5.74, 6) is -0.972. The molecular formula is C7H3ClFNOS. The normalized spacial score (nSPS) is 9.42. The number of phenols is 1. The lowest BCUT2D eigenvalue weighted by Crippen LogP contribution is -1.79. The molecule has 0 fully saturated rings. The first-order valence-electron chi connectivity index (χ1n) is 2.89. The molecule has 1 aromatic rings. The van der Waals surface area contributed by atoms with Crippen LogP contribution >= 0.6 is 23.4 Å². The van der Waals surface area contributed by atoms with Gasteiger partial charge in [0, 0.05) is 6.07 Å². The summed E-state index contributed by atoms with van der Waals surface area (Å²) < 4.78 is 12.6. The second-order valence-electron chi connectivity index (χ2n) is 1.93. The molecule has 0 atom stereocenters. The Morgan fingerprint density at radius 2 is 2.25 bits per heavy atom. The molecule has 0 aromatic heterocycles. The second kappa shape index (κ2) is 3.65. The minimum absolute atomic E-state index is 0.106. The van der Waals surface area contributed by atoms with Crippen LogP contribution < -0.4 is 0 Å². The molecule has 0 saturated carbocycles. The molecule has 0 aliphatic rings. The highest BCUT2D eigenvalue weighted by atomic mass is 35.5. The van der Waals surface area contributed by atoms with Crippen molar-refractivity contribution >= 4 is 23.4 Å². The zero-order chi connectivity index (χ0) is 9.14. The average molecular weight is 204 g/mol. The van der Waals surface area contributed by atoms with Gasteiger partial charge in [-0.05, 0) is 17.8 Å². The number of halogens is 2. The Morgan fingerprint density at radius 3 is 2.83 bits per heavy atom. The van der Waals surface area contributed by atoms with Gasteiger partial charge in [-0.3, -0.25) is 0 Å². The summed E-state index contributed by atoms with van der Waals surface area (Å²) in [6, 6.07) is 2.09. The van der Waals surface area contributed by atoms with E-state index in [4.69, 9.17) is 22.0 Å². The summed E-state index contributed by atoms with van der Waals surface area (Å²) >= 11 is 6.14. The van der Waals surface area contributed by atoms with Crippen molar-refractivity contribution in [2.45, 2.75) is 4.90 Å². The van der Waals surface area contributed by atoms with Crippen LogP contribution in [0.25, 0.3) is 0 Å². The van der Waals surface area contributed by atoms with E-state index in [-0.39, 0.29) is 15.7 Å². The van der Waals surface area contributed by atoms with E-state index in [9.17, 15) is 4.39 Å². The van der Waals surface area contributed by atoms with Gasteiger partial charge >= 0.3 is 0 Å². The number of nitriles is 1. The van der Waals surface area contributed by atoms with E-state index >= 15 is 0 Å². The Hall–Kier alpha value is -0.920. The monoisotopic (exact) mass is 203 g/mol. The number of nitrogens with zero attached hydrogens (tertiary/aromatic N) is 1. The van der Waals surface area contributed by atoms with E-state index in [1.165, 1.54) is 6.07 Å². The summed E-state index contributed by atoms with van der Waals surface area (Å²) in [6.45, 7) is 0. The molecule has 0 aliphatic carbocycles. The van der Waals surface area contributed by atoms with Crippen LogP contribution in [0.15, 0.2) is 17.0 Å².